The first-order valence-electron chi connectivity index (χ1n) is 8.13. The van der Waals surface area contributed by atoms with Gasteiger partial charge < -0.3 is 15.7 Å². The minimum Gasteiger partial charge on any atom is -0.394 e. The topological polar surface area (TPSA) is 64.6 Å². The number of likely N-dealkylation sites (tertiary alicyclic amines) is 1. The van der Waals surface area contributed by atoms with Crippen LogP contribution < -0.4 is 10.6 Å². The first-order chi connectivity index (χ1) is 10.7. The molecule has 0 bridgehead atoms. The molecule has 1 heterocycles. The van der Waals surface area contributed by atoms with Crippen molar-refractivity contribution in [2.75, 3.05) is 19.7 Å². The normalized spacial score (nSPS) is 17.0. The molecule has 1 aromatic carbocycles. The number of carbonyl (C=O) groups excluding carboxylic acids is 1. The van der Waals surface area contributed by atoms with E-state index in [4.69, 9.17) is 5.11 Å². The maximum absolute atomic E-state index is 11.6. The minimum atomic E-state index is -0.251. The second kappa shape index (κ2) is 8.76. The van der Waals surface area contributed by atoms with Gasteiger partial charge >= 0.3 is 6.03 Å². The van der Waals surface area contributed by atoms with Gasteiger partial charge in [-0.3, -0.25) is 4.90 Å². The van der Waals surface area contributed by atoms with Crippen LogP contribution in [0.5, 0.6) is 0 Å². The van der Waals surface area contributed by atoms with Crippen molar-refractivity contribution in [2.45, 2.75) is 45.3 Å². The average Bonchev–Trinajstić information content (AvgIpc) is 2.55. The number of aliphatic hydroxyl groups excluding tert-OH is 1. The molecule has 1 atom stereocenters. The molecule has 1 aliphatic heterocycles. The van der Waals surface area contributed by atoms with E-state index in [-0.39, 0.29) is 18.7 Å². The fourth-order valence-corrected chi connectivity index (χ4v) is 2.64. The number of aliphatic hydroxyl groups is 1. The highest BCUT2D eigenvalue weighted by Gasteiger charge is 2.10. The van der Waals surface area contributed by atoms with E-state index in [2.05, 4.69) is 39.8 Å². The molecule has 1 fully saturated rings. The first kappa shape index (κ1) is 16.8. The zero-order chi connectivity index (χ0) is 15.8. The predicted octanol–water partition coefficient (Wildman–Crippen LogP) is 1.85. The summed E-state index contributed by atoms with van der Waals surface area (Å²) in [7, 11) is 0. The fourth-order valence-electron chi connectivity index (χ4n) is 2.64. The molecule has 0 saturated carbocycles. The number of nitrogens with zero attached hydrogens (tertiary/aromatic N) is 1. The quantitative estimate of drug-likeness (QED) is 0.751. The largest absolute Gasteiger partial charge is 0.394 e. The molecular formula is C17H27N3O2. The van der Waals surface area contributed by atoms with Gasteiger partial charge in [-0.25, -0.2) is 4.79 Å². The number of hydrogen-bond donors (Lipinski definition) is 3. The Bertz CT molecular complexity index is 455. The summed E-state index contributed by atoms with van der Waals surface area (Å²) in [5.41, 5.74) is 2.40. The third-order valence-electron chi connectivity index (χ3n) is 3.98. The van der Waals surface area contributed by atoms with E-state index in [0.717, 1.165) is 12.1 Å². The molecule has 5 heteroatoms. The Morgan fingerprint density at radius 3 is 2.45 bits per heavy atom. The van der Waals surface area contributed by atoms with Crippen molar-refractivity contribution in [3.63, 3.8) is 0 Å². The van der Waals surface area contributed by atoms with Crippen molar-refractivity contribution in [3.05, 3.63) is 35.4 Å². The summed E-state index contributed by atoms with van der Waals surface area (Å²) < 4.78 is 0. The molecule has 0 aliphatic carbocycles. The van der Waals surface area contributed by atoms with Crippen molar-refractivity contribution >= 4 is 6.03 Å². The summed E-state index contributed by atoms with van der Waals surface area (Å²) in [6.45, 7) is 5.61. The summed E-state index contributed by atoms with van der Waals surface area (Å²) in [6.07, 6.45) is 3.98. The lowest BCUT2D eigenvalue weighted by molar-refractivity contribution is 0.220. The predicted molar refractivity (Wildman–Crippen MR) is 87.5 cm³/mol. The van der Waals surface area contributed by atoms with Gasteiger partial charge in [0, 0.05) is 13.1 Å². The van der Waals surface area contributed by atoms with E-state index in [1.54, 1.807) is 6.92 Å². The molecule has 1 aliphatic rings. The molecule has 2 amide bonds. The van der Waals surface area contributed by atoms with Crippen LogP contribution in [-0.4, -0.2) is 41.8 Å². The van der Waals surface area contributed by atoms with Gasteiger partial charge in [0.05, 0.1) is 12.6 Å². The molecular weight excluding hydrogens is 278 g/mol. The Hall–Kier alpha value is -1.59. The summed E-state index contributed by atoms with van der Waals surface area (Å²) >= 11 is 0. The van der Waals surface area contributed by atoms with Crippen molar-refractivity contribution in [3.8, 4) is 0 Å². The highest BCUT2D eigenvalue weighted by molar-refractivity contribution is 5.74. The van der Waals surface area contributed by atoms with Gasteiger partial charge in [-0.15, -0.1) is 0 Å². The number of hydrogen-bond acceptors (Lipinski definition) is 3. The van der Waals surface area contributed by atoms with E-state index < -0.39 is 0 Å². The number of piperidine rings is 1. The van der Waals surface area contributed by atoms with Crippen LogP contribution in [0.15, 0.2) is 24.3 Å². The number of rotatable bonds is 6. The van der Waals surface area contributed by atoms with Gasteiger partial charge in [0.25, 0.3) is 0 Å². The summed E-state index contributed by atoms with van der Waals surface area (Å²) in [5, 5.41) is 14.3. The zero-order valence-corrected chi connectivity index (χ0v) is 13.3. The Morgan fingerprint density at radius 1 is 1.18 bits per heavy atom. The van der Waals surface area contributed by atoms with E-state index in [1.807, 2.05) is 0 Å². The van der Waals surface area contributed by atoms with Crippen LogP contribution in [0.2, 0.25) is 0 Å². The Kier molecular flexibility index (Phi) is 6.68. The lowest BCUT2D eigenvalue weighted by atomic mass is 10.1. The molecule has 1 unspecified atom stereocenters. The molecule has 0 spiro atoms. The third-order valence-corrected chi connectivity index (χ3v) is 3.98. The van der Waals surface area contributed by atoms with Crippen LogP contribution in [0.1, 0.15) is 37.3 Å². The first-order valence-corrected chi connectivity index (χ1v) is 8.13. The highest BCUT2D eigenvalue weighted by atomic mass is 16.3. The van der Waals surface area contributed by atoms with Gasteiger partial charge in [0.2, 0.25) is 0 Å². The highest BCUT2D eigenvalue weighted by Crippen LogP contribution is 2.13. The minimum absolute atomic E-state index is 0.0569. The lowest BCUT2D eigenvalue weighted by Crippen LogP contribution is -2.41. The van der Waals surface area contributed by atoms with E-state index in [9.17, 15) is 4.79 Å². The van der Waals surface area contributed by atoms with E-state index >= 15 is 0 Å². The van der Waals surface area contributed by atoms with Crippen LogP contribution in [0.3, 0.4) is 0 Å². The zero-order valence-electron chi connectivity index (χ0n) is 13.3. The Balaban J connectivity index is 1.75. The van der Waals surface area contributed by atoms with Crippen molar-refractivity contribution in [2.24, 2.45) is 0 Å². The number of benzene rings is 1. The van der Waals surface area contributed by atoms with Crippen LogP contribution in [0.25, 0.3) is 0 Å². The van der Waals surface area contributed by atoms with Gasteiger partial charge in [-0.1, -0.05) is 30.7 Å². The summed E-state index contributed by atoms with van der Waals surface area (Å²) in [4.78, 5) is 14.1. The standard InChI is InChI=1S/C17H27N3O2/c1-14(13-21)19-17(22)18-11-15-5-7-16(8-6-15)12-20-9-3-2-4-10-20/h5-8,14,21H,2-4,9-13H2,1H3,(H2,18,19,22). The van der Waals surface area contributed by atoms with Crippen LogP contribution in [0.4, 0.5) is 4.79 Å². The van der Waals surface area contributed by atoms with Crippen LogP contribution in [0, 0.1) is 0 Å². The monoisotopic (exact) mass is 305 g/mol. The molecule has 0 aromatic heterocycles. The second-order valence-corrected chi connectivity index (χ2v) is 6.06. The van der Waals surface area contributed by atoms with Gasteiger partial charge in [0.15, 0.2) is 0 Å². The molecule has 22 heavy (non-hydrogen) atoms. The van der Waals surface area contributed by atoms with Crippen molar-refractivity contribution < 1.29 is 9.90 Å². The van der Waals surface area contributed by atoms with Gasteiger partial charge in [0.1, 0.15) is 0 Å². The fraction of sp³-hybridized carbons (Fsp3) is 0.588. The molecule has 122 valence electrons. The van der Waals surface area contributed by atoms with E-state index in [0.29, 0.717) is 6.54 Å². The molecule has 2 rings (SSSR count). The Labute approximate surface area is 132 Å². The summed E-state index contributed by atoms with van der Waals surface area (Å²) in [5.74, 6) is 0. The van der Waals surface area contributed by atoms with Crippen molar-refractivity contribution in [1.82, 2.24) is 15.5 Å². The average molecular weight is 305 g/mol. The molecule has 3 N–H and O–H groups in total. The summed E-state index contributed by atoms with van der Waals surface area (Å²) in [6, 6.07) is 7.93. The Morgan fingerprint density at radius 2 is 1.82 bits per heavy atom. The SMILES string of the molecule is CC(CO)NC(=O)NCc1ccc(CN2CCCCC2)cc1. The molecule has 1 saturated heterocycles. The number of carbonyl (C=O) groups is 1. The number of amides is 2. The van der Waals surface area contributed by atoms with Crippen LogP contribution >= 0.6 is 0 Å². The molecule has 5 nitrogen and oxygen atoms in total. The van der Waals surface area contributed by atoms with Gasteiger partial charge in [-0.05, 0) is 44.0 Å². The van der Waals surface area contributed by atoms with E-state index in [1.165, 1.54) is 37.9 Å². The molecule has 1 aromatic rings. The van der Waals surface area contributed by atoms with Crippen molar-refractivity contribution in [1.29, 1.82) is 0 Å². The maximum Gasteiger partial charge on any atom is 0.315 e. The smallest absolute Gasteiger partial charge is 0.315 e. The number of urea groups is 1. The van der Waals surface area contributed by atoms with Crippen LogP contribution in [-0.2, 0) is 13.1 Å². The van der Waals surface area contributed by atoms with Gasteiger partial charge in [-0.2, -0.15) is 0 Å². The maximum atomic E-state index is 11.6. The second-order valence-electron chi connectivity index (χ2n) is 6.06. The number of nitrogens with one attached hydrogen (secondary N) is 2. The third kappa shape index (κ3) is 5.66. The molecule has 0 radical (unpaired) electrons. The lowest BCUT2D eigenvalue weighted by Gasteiger charge is -2.26.